The van der Waals surface area contributed by atoms with Crippen molar-refractivity contribution in [1.82, 2.24) is 10.6 Å². The number of carbonyl (C=O) groups excluding carboxylic acids is 2. The van der Waals surface area contributed by atoms with Gasteiger partial charge in [0.1, 0.15) is 0 Å². The Morgan fingerprint density at radius 3 is 2.74 bits per heavy atom. The van der Waals surface area contributed by atoms with E-state index in [0.29, 0.717) is 19.4 Å². The number of halogens is 4. The zero-order valence-electron chi connectivity index (χ0n) is 12.0. The highest BCUT2D eigenvalue weighted by Gasteiger charge is 2.31. The molecular formula is C14H15ClF3N3O2. The second kappa shape index (κ2) is 7.08. The summed E-state index contributed by atoms with van der Waals surface area (Å²) in [6.45, 7) is 0.439. The number of urea groups is 1. The molecule has 3 amide bonds. The van der Waals surface area contributed by atoms with Gasteiger partial charge in [0, 0.05) is 19.0 Å². The van der Waals surface area contributed by atoms with Crippen molar-refractivity contribution in [1.29, 1.82) is 0 Å². The Morgan fingerprint density at radius 2 is 2.04 bits per heavy atom. The van der Waals surface area contributed by atoms with Crippen LogP contribution in [0.15, 0.2) is 18.2 Å². The second-order valence-electron chi connectivity index (χ2n) is 5.17. The lowest BCUT2D eigenvalue weighted by atomic mass is 10.1. The van der Waals surface area contributed by atoms with Crippen molar-refractivity contribution >= 4 is 29.2 Å². The summed E-state index contributed by atoms with van der Waals surface area (Å²) < 4.78 is 38.0. The average molecular weight is 350 g/mol. The summed E-state index contributed by atoms with van der Waals surface area (Å²) in [5.41, 5.74) is -1.02. The van der Waals surface area contributed by atoms with Crippen LogP contribution in [0.2, 0.25) is 5.02 Å². The molecule has 5 nitrogen and oxygen atoms in total. The molecule has 23 heavy (non-hydrogen) atoms. The molecule has 2 rings (SSSR count). The molecule has 1 aliphatic heterocycles. The summed E-state index contributed by atoms with van der Waals surface area (Å²) in [4.78, 5) is 23.1. The Balaban J connectivity index is 2.01. The van der Waals surface area contributed by atoms with Gasteiger partial charge in [0.15, 0.2) is 0 Å². The van der Waals surface area contributed by atoms with E-state index in [1.165, 1.54) is 0 Å². The maximum atomic E-state index is 12.7. The molecule has 0 spiro atoms. The lowest BCUT2D eigenvalue weighted by Gasteiger charge is -2.17. The normalized spacial score (nSPS) is 18.8. The highest BCUT2D eigenvalue weighted by Crippen LogP contribution is 2.33. The van der Waals surface area contributed by atoms with Crippen molar-refractivity contribution in [3.05, 3.63) is 28.8 Å². The number of hydrogen-bond acceptors (Lipinski definition) is 2. The van der Waals surface area contributed by atoms with Crippen LogP contribution in [0.4, 0.5) is 23.7 Å². The van der Waals surface area contributed by atoms with Gasteiger partial charge in [-0.3, -0.25) is 4.79 Å². The van der Waals surface area contributed by atoms with Gasteiger partial charge in [0.2, 0.25) is 5.91 Å². The Labute approximate surface area is 135 Å². The number of carbonyl (C=O) groups is 2. The maximum absolute atomic E-state index is 12.7. The SMILES string of the molecule is O=C1CCC(NC(=O)Nc2cc(C(F)(F)F)ccc2Cl)CCN1. The third-order valence-corrected chi connectivity index (χ3v) is 3.74. The molecule has 1 saturated heterocycles. The van der Waals surface area contributed by atoms with Crippen LogP contribution >= 0.6 is 11.6 Å². The van der Waals surface area contributed by atoms with Gasteiger partial charge in [-0.25, -0.2) is 4.79 Å². The topological polar surface area (TPSA) is 70.2 Å². The highest BCUT2D eigenvalue weighted by molar-refractivity contribution is 6.33. The molecule has 1 heterocycles. The number of amides is 3. The quantitative estimate of drug-likeness (QED) is 0.767. The van der Waals surface area contributed by atoms with Gasteiger partial charge >= 0.3 is 12.2 Å². The van der Waals surface area contributed by atoms with Crippen molar-refractivity contribution in [2.45, 2.75) is 31.5 Å². The van der Waals surface area contributed by atoms with Gasteiger partial charge in [0.05, 0.1) is 16.3 Å². The van der Waals surface area contributed by atoms with E-state index in [1.807, 2.05) is 0 Å². The van der Waals surface area contributed by atoms with Crippen LogP contribution in [0.3, 0.4) is 0 Å². The molecule has 0 bridgehead atoms. The third kappa shape index (κ3) is 5.02. The van der Waals surface area contributed by atoms with Crippen LogP contribution < -0.4 is 16.0 Å². The minimum Gasteiger partial charge on any atom is -0.356 e. The lowest BCUT2D eigenvalue weighted by molar-refractivity contribution is -0.137. The van der Waals surface area contributed by atoms with E-state index in [2.05, 4.69) is 16.0 Å². The number of nitrogens with one attached hydrogen (secondary N) is 3. The van der Waals surface area contributed by atoms with Crippen molar-refractivity contribution in [3.8, 4) is 0 Å². The molecular weight excluding hydrogens is 335 g/mol. The van der Waals surface area contributed by atoms with Crippen LogP contribution in [0.5, 0.6) is 0 Å². The molecule has 126 valence electrons. The largest absolute Gasteiger partial charge is 0.416 e. The predicted molar refractivity (Wildman–Crippen MR) is 79.3 cm³/mol. The zero-order valence-corrected chi connectivity index (χ0v) is 12.7. The molecule has 1 fully saturated rings. The smallest absolute Gasteiger partial charge is 0.356 e. The van der Waals surface area contributed by atoms with E-state index in [1.54, 1.807) is 0 Å². The summed E-state index contributed by atoms with van der Waals surface area (Å²) >= 11 is 5.81. The van der Waals surface area contributed by atoms with E-state index >= 15 is 0 Å². The lowest BCUT2D eigenvalue weighted by Crippen LogP contribution is -2.38. The van der Waals surface area contributed by atoms with E-state index in [0.717, 1.165) is 18.2 Å². The molecule has 1 aromatic rings. The second-order valence-corrected chi connectivity index (χ2v) is 5.57. The number of rotatable bonds is 2. The molecule has 9 heteroatoms. The molecule has 0 aliphatic carbocycles. The van der Waals surface area contributed by atoms with E-state index in [-0.39, 0.29) is 29.1 Å². The monoisotopic (exact) mass is 349 g/mol. The van der Waals surface area contributed by atoms with E-state index in [4.69, 9.17) is 11.6 Å². The fourth-order valence-corrected chi connectivity index (χ4v) is 2.37. The van der Waals surface area contributed by atoms with Crippen molar-refractivity contribution in [3.63, 3.8) is 0 Å². The predicted octanol–water partition coefficient (Wildman–Crippen LogP) is 3.15. The fourth-order valence-electron chi connectivity index (χ4n) is 2.21. The van der Waals surface area contributed by atoms with Gasteiger partial charge in [-0.05, 0) is 31.0 Å². The summed E-state index contributed by atoms with van der Waals surface area (Å²) in [6, 6.07) is 1.80. The van der Waals surface area contributed by atoms with Crippen LogP contribution in [0, 0.1) is 0 Å². The van der Waals surface area contributed by atoms with Crippen molar-refractivity contribution in [2.24, 2.45) is 0 Å². The average Bonchev–Trinajstić information content (AvgIpc) is 2.65. The van der Waals surface area contributed by atoms with E-state index < -0.39 is 17.8 Å². The first-order chi connectivity index (χ1) is 10.8. The highest BCUT2D eigenvalue weighted by atomic mass is 35.5. The Hall–Kier alpha value is -1.96. The first kappa shape index (κ1) is 17.4. The van der Waals surface area contributed by atoms with Crippen molar-refractivity contribution in [2.75, 3.05) is 11.9 Å². The summed E-state index contributed by atoms with van der Waals surface area (Å²) in [6.07, 6.45) is -3.22. The van der Waals surface area contributed by atoms with Gasteiger partial charge in [-0.15, -0.1) is 0 Å². The molecule has 0 radical (unpaired) electrons. The molecule has 3 N–H and O–H groups in total. The molecule has 1 aliphatic rings. The zero-order chi connectivity index (χ0) is 17.0. The van der Waals surface area contributed by atoms with Crippen LogP contribution in [-0.4, -0.2) is 24.5 Å². The Kier molecular flexibility index (Phi) is 5.35. The Bertz CT molecular complexity index is 607. The molecule has 0 saturated carbocycles. The first-order valence-corrected chi connectivity index (χ1v) is 7.34. The van der Waals surface area contributed by atoms with Gasteiger partial charge in [-0.2, -0.15) is 13.2 Å². The third-order valence-electron chi connectivity index (χ3n) is 3.41. The molecule has 1 aromatic carbocycles. The molecule has 1 unspecified atom stereocenters. The summed E-state index contributed by atoms with van der Waals surface area (Å²) in [7, 11) is 0. The summed E-state index contributed by atoms with van der Waals surface area (Å²) in [5.74, 6) is -0.0874. The van der Waals surface area contributed by atoms with Crippen molar-refractivity contribution < 1.29 is 22.8 Å². The molecule has 0 aromatic heterocycles. The fraction of sp³-hybridized carbons (Fsp3) is 0.429. The van der Waals surface area contributed by atoms with Gasteiger partial charge < -0.3 is 16.0 Å². The van der Waals surface area contributed by atoms with Crippen LogP contribution in [-0.2, 0) is 11.0 Å². The number of hydrogen-bond donors (Lipinski definition) is 3. The van der Waals surface area contributed by atoms with Crippen LogP contribution in [0.1, 0.15) is 24.8 Å². The number of anilines is 1. The minimum absolute atomic E-state index is 0.00543. The van der Waals surface area contributed by atoms with Gasteiger partial charge in [-0.1, -0.05) is 11.6 Å². The number of benzene rings is 1. The van der Waals surface area contributed by atoms with E-state index in [9.17, 15) is 22.8 Å². The number of alkyl halides is 3. The minimum atomic E-state index is -4.52. The van der Waals surface area contributed by atoms with Crippen LogP contribution in [0.25, 0.3) is 0 Å². The van der Waals surface area contributed by atoms with Gasteiger partial charge in [0.25, 0.3) is 0 Å². The summed E-state index contributed by atoms with van der Waals surface area (Å²) in [5, 5.41) is 7.62. The molecule has 1 atom stereocenters. The Morgan fingerprint density at radius 1 is 1.30 bits per heavy atom. The maximum Gasteiger partial charge on any atom is 0.416 e. The standard InChI is InChI=1S/C14H15ClF3N3O2/c15-10-3-1-8(14(16,17)18)7-11(10)21-13(23)20-9-2-4-12(22)19-6-5-9/h1,3,7,9H,2,4-6H2,(H,19,22)(H2,20,21,23). The first-order valence-electron chi connectivity index (χ1n) is 6.96.